The molecule has 0 unspecified atom stereocenters. The summed E-state index contributed by atoms with van der Waals surface area (Å²) >= 11 is 0. The molecule has 1 saturated carbocycles. The highest BCUT2D eigenvalue weighted by molar-refractivity contribution is 6.05. The fourth-order valence-corrected chi connectivity index (χ4v) is 3.44. The van der Waals surface area contributed by atoms with Crippen molar-refractivity contribution in [1.82, 2.24) is 5.32 Å². The van der Waals surface area contributed by atoms with Crippen LogP contribution in [0.1, 0.15) is 46.4 Å². The molecule has 2 aromatic rings. The predicted octanol–water partition coefficient (Wildman–Crippen LogP) is 3.34. The maximum absolute atomic E-state index is 12.6. The monoisotopic (exact) mass is 394 g/mol. The van der Waals surface area contributed by atoms with Gasteiger partial charge in [-0.1, -0.05) is 0 Å². The fraction of sp³-hybridized carbons (Fsp3) is 0.333. The zero-order valence-corrected chi connectivity index (χ0v) is 15.9. The van der Waals surface area contributed by atoms with Gasteiger partial charge in [0, 0.05) is 42.0 Å². The van der Waals surface area contributed by atoms with Gasteiger partial charge in [0.05, 0.1) is 4.92 Å². The molecule has 150 valence electrons. The Kier molecular flexibility index (Phi) is 5.16. The Bertz CT molecular complexity index is 948. The van der Waals surface area contributed by atoms with E-state index in [0.717, 1.165) is 38.8 Å². The van der Waals surface area contributed by atoms with Crippen molar-refractivity contribution in [1.29, 1.82) is 0 Å². The molecule has 2 amide bonds. The Hall–Kier alpha value is -3.42. The summed E-state index contributed by atoms with van der Waals surface area (Å²) in [4.78, 5) is 37.6. The van der Waals surface area contributed by atoms with Gasteiger partial charge in [-0.15, -0.1) is 0 Å². The predicted molar refractivity (Wildman–Crippen MR) is 109 cm³/mol. The molecule has 2 aliphatic rings. The molecule has 8 heteroatoms. The van der Waals surface area contributed by atoms with Crippen LogP contribution in [0.15, 0.2) is 42.5 Å². The maximum atomic E-state index is 12.6. The minimum Gasteiger partial charge on any atom is -0.366 e. The van der Waals surface area contributed by atoms with E-state index in [1.165, 1.54) is 6.07 Å². The molecule has 2 aromatic carbocycles. The summed E-state index contributed by atoms with van der Waals surface area (Å²) in [7, 11) is 0. The third-order valence-electron chi connectivity index (χ3n) is 5.20. The molecular weight excluding hydrogens is 372 g/mol. The number of nitrogens with zero attached hydrogens (tertiary/aromatic N) is 2. The molecule has 8 nitrogen and oxygen atoms in total. The van der Waals surface area contributed by atoms with E-state index in [2.05, 4.69) is 10.6 Å². The number of carbonyl (C=O) groups is 2. The van der Waals surface area contributed by atoms with Gasteiger partial charge >= 0.3 is 0 Å². The van der Waals surface area contributed by atoms with Crippen LogP contribution in [0.5, 0.6) is 0 Å². The van der Waals surface area contributed by atoms with E-state index < -0.39 is 10.8 Å². The van der Waals surface area contributed by atoms with Gasteiger partial charge < -0.3 is 15.5 Å². The number of rotatable bonds is 6. The van der Waals surface area contributed by atoms with Crippen LogP contribution in [0.2, 0.25) is 0 Å². The zero-order valence-electron chi connectivity index (χ0n) is 15.9. The van der Waals surface area contributed by atoms with Crippen molar-refractivity contribution < 1.29 is 14.5 Å². The first-order valence-electron chi connectivity index (χ1n) is 9.77. The third kappa shape index (κ3) is 4.37. The summed E-state index contributed by atoms with van der Waals surface area (Å²) in [5.41, 5.74) is 1.75. The van der Waals surface area contributed by atoms with Crippen LogP contribution >= 0.6 is 0 Å². The average Bonchev–Trinajstić information content (AvgIpc) is 3.36. The molecule has 0 aromatic heterocycles. The first kappa shape index (κ1) is 18.9. The highest BCUT2D eigenvalue weighted by Gasteiger charge is 2.25. The number of nitrogens with one attached hydrogen (secondary N) is 2. The van der Waals surface area contributed by atoms with E-state index in [1.54, 1.807) is 36.4 Å². The van der Waals surface area contributed by atoms with Gasteiger partial charge in [-0.3, -0.25) is 19.7 Å². The fourth-order valence-electron chi connectivity index (χ4n) is 3.44. The van der Waals surface area contributed by atoms with E-state index in [9.17, 15) is 19.7 Å². The molecule has 1 heterocycles. The summed E-state index contributed by atoms with van der Waals surface area (Å²) in [6, 6.07) is 11.4. The van der Waals surface area contributed by atoms with Gasteiger partial charge in [-0.05, 0) is 62.1 Å². The van der Waals surface area contributed by atoms with Crippen LogP contribution in [-0.2, 0) is 0 Å². The van der Waals surface area contributed by atoms with Crippen molar-refractivity contribution in [2.75, 3.05) is 23.3 Å². The number of anilines is 2. The summed E-state index contributed by atoms with van der Waals surface area (Å²) in [6.07, 6.45) is 4.05. The highest BCUT2D eigenvalue weighted by atomic mass is 16.6. The Labute approximate surface area is 168 Å². The number of hydrogen-bond donors (Lipinski definition) is 2. The summed E-state index contributed by atoms with van der Waals surface area (Å²) in [6.45, 7) is 1.57. The standard InChI is InChI=1S/C21H22N4O4/c26-20(22-17-8-9-17)14-3-6-16(7-4-14)23-21(27)15-5-10-18(19(13-15)25(28)29)24-11-1-2-12-24/h3-7,10,13,17H,1-2,8-9,11-12H2,(H,22,26)(H,23,27). The minimum atomic E-state index is -0.447. The van der Waals surface area contributed by atoms with Crippen molar-refractivity contribution in [3.63, 3.8) is 0 Å². The number of nitro groups is 1. The van der Waals surface area contributed by atoms with Gasteiger partial charge in [0.2, 0.25) is 0 Å². The van der Waals surface area contributed by atoms with Crippen LogP contribution < -0.4 is 15.5 Å². The summed E-state index contributed by atoms with van der Waals surface area (Å²) in [5.74, 6) is -0.560. The number of benzene rings is 2. The lowest BCUT2D eigenvalue weighted by Crippen LogP contribution is -2.25. The Morgan fingerprint density at radius 1 is 0.966 bits per heavy atom. The van der Waals surface area contributed by atoms with Gasteiger partial charge in [-0.25, -0.2) is 0 Å². The molecule has 1 saturated heterocycles. The highest BCUT2D eigenvalue weighted by Crippen LogP contribution is 2.32. The third-order valence-corrected chi connectivity index (χ3v) is 5.20. The summed E-state index contributed by atoms with van der Waals surface area (Å²) < 4.78 is 0. The lowest BCUT2D eigenvalue weighted by molar-refractivity contribution is -0.384. The van der Waals surface area contributed by atoms with E-state index in [1.807, 2.05) is 4.90 Å². The molecule has 0 spiro atoms. The van der Waals surface area contributed by atoms with Crippen molar-refractivity contribution in [2.24, 2.45) is 0 Å². The van der Waals surface area contributed by atoms with Crippen LogP contribution in [-0.4, -0.2) is 35.9 Å². The topological polar surface area (TPSA) is 105 Å². The zero-order chi connectivity index (χ0) is 20.4. The molecule has 0 atom stereocenters. The normalized spacial score (nSPS) is 15.8. The first-order valence-corrected chi connectivity index (χ1v) is 9.77. The van der Waals surface area contributed by atoms with Gasteiger partial charge in [-0.2, -0.15) is 0 Å². The van der Waals surface area contributed by atoms with Crippen LogP contribution in [0.4, 0.5) is 17.1 Å². The molecule has 2 N–H and O–H groups in total. The van der Waals surface area contributed by atoms with Crippen molar-refractivity contribution in [3.05, 3.63) is 63.7 Å². The second kappa shape index (κ2) is 7.90. The van der Waals surface area contributed by atoms with Crippen molar-refractivity contribution in [2.45, 2.75) is 31.7 Å². The number of hydrogen-bond acceptors (Lipinski definition) is 5. The number of nitro benzene ring substituents is 1. The van der Waals surface area contributed by atoms with E-state index in [4.69, 9.17) is 0 Å². The Morgan fingerprint density at radius 2 is 1.62 bits per heavy atom. The van der Waals surface area contributed by atoms with Crippen LogP contribution in [0, 0.1) is 10.1 Å². The lowest BCUT2D eigenvalue weighted by Gasteiger charge is -2.17. The van der Waals surface area contributed by atoms with Crippen LogP contribution in [0.3, 0.4) is 0 Å². The molecule has 2 fully saturated rings. The number of amides is 2. The molecule has 1 aliphatic heterocycles. The lowest BCUT2D eigenvalue weighted by atomic mass is 10.1. The molecular formula is C21H22N4O4. The Balaban J connectivity index is 1.46. The van der Waals surface area contributed by atoms with Crippen LogP contribution in [0.25, 0.3) is 0 Å². The molecule has 29 heavy (non-hydrogen) atoms. The SMILES string of the molecule is O=C(Nc1ccc(C(=O)NC2CC2)cc1)c1ccc(N2CCCC2)c([N+](=O)[O-])c1. The maximum Gasteiger partial charge on any atom is 0.293 e. The van der Waals surface area contributed by atoms with Gasteiger partial charge in [0.1, 0.15) is 5.69 Å². The van der Waals surface area contributed by atoms with Crippen molar-refractivity contribution in [3.8, 4) is 0 Å². The minimum absolute atomic E-state index is 0.0633. The summed E-state index contributed by atoms with van der Waals surface area (Å²) in [5, 5.41) is 17.1. The van der Waals surface area contributed by atoms with E-state index >= 15 is 0 Å². The Morgan fingerprint density at radius 3 is 2.24 bits per heavy atom. The van der Waals surface area contributed by atoms with E-state index in [-0.39, 0.29) is 23.2 Å². The second-order valence-electron chi connectivity index (χ2n) is 7.43. The van der Waals surface area contributed by atoms with Gasteiger partial charge in [0.15, 0.2) is 0 Å². The quantitative estimate of drug-likeness (QED) is 0.578. The van der Waals surface area contributed by atoms with E-state index in [0.29, 0.717) is 16.9 Å². The molecule has 0 bridgehead atoms. The smallest absolute Gasteiger partial charge is 0.293 e. The average molecular weight is 394 g/mol. The molecule has 1 aliphatic carbocycles. The first-order chi connectivity index (χ1) is 14.0. The second-order valence-corrected chi connectivity index (χ2v) is 7.43. The van der Waals surface area contributed by atoms with Gasteiger partial charge in [0.25, 0.3) is 17.5 Å². The van der Waals surface area contributed by atoms with Crippen molar-refractivity contribution >= 4 is 28.9 Å². The number of carbonyl (C=O) groups excluding carboxylic acids is 2. The molecule has 4 rings (SSSR count). The largest absolute Gasteiger partial charge is 0.366 e. The molecule has 0 radical (unpaired) electrons.